The van der Waals surface area contributed by atoms with Crippen LogP contribution in [-0.2, 0) is 10.2 Å². The standard InChI is InChI=1S/C26H37BrO3/c1-25(2)19-16-20(25)21(28)15-18(19)24-22(29)13-17(14-23(24)30)26(10-6-7-11-26)9-5-3-4-8-12-27/h13-14,18-20,29-30H,3-12,15-16H2,1-2H3/t18-,19-,20+/m1/s1. The summed E-state index contributed by atoms with van der Waals surface area (Å²) < 4.78 is 0. The lowest BCUT2D eigenvalue weighted by Crippen LogP contribution is -2.56. The Hall–Kier alpha value is -1.03. The van der Waals surface area contributed by atoms with Crippen molar-refractivity contribution < 1.29 is 15.0 Å². The number of Topliss-reactive ketones (excluding diaryl/α,β-unsaturated/α-hetero) is 1. The van der Waals surface area contributed by atoms with Crippen LogP contribution in [0.5, 0.6) is 11.5 Å². The summed E-state index contributed by atoms with van der Waals surface area (Å²) in [5.74, 6) is 1.16. The average molecular weight is 477 g/mol. The molecule has 166 valence electrons. The van der Waals surface area contributed by atoms with Gasteiger partial charge in [-0.25, -0.2) is 0 Å². The molecule has 2 bridgehead atoms. The second-order valence-electron chi connectivity index (χ2n) is 10.8. The van der Waals surface area contributed by atoms with Crippen molar-refractivity contribution in [1.82, 2.24) is 0 Å². The highest BCUT2D eigenvalue weighted by Gasteiger charge is 2.59. The number of ketones is 1. The molecule has 0 unspecified atom stereocenters. The fourth-order valence-corrected chi connectivity index (χ4v) is 7.34. The van der Waals surface area contributed by atoms with Crippen LogP contribution < -0.4 is 0 Å². The molecule has 3 nitrogen and oxygen atoms in total. The molecule has 0 spiro atoms. The minimum Gasteiger partial charge on any atom is -0.508 e. The van der Waals surface area contributed by atoms with E-state index in [0.717, 1.165) is 36.6 Å². The third-order valence-corrected chi connectivity index (χ3v) is 9.42. The molecule has 4 aliphatic carbocycles. The number of carbonyl (C=O) groups is 1. The maximum Gasteiger partial charge on any atom is 0.137 e. The second-order valence-corrected chi connectivity index (χ2v) is 11.6. The van der Waals surface area contributed by atoms with Gasteiger partial charge in [-0.3, -0.25) is 4.79 Å². The molecular formula is C26H37BrO3. The number of phenolic OH excluding ortho intramolecular Hbond substituents is 2. The van der Waals surface area contributed by atoms with E-state index in [1.54, 1.807) is 0 Å². The van der Waals surface area contributed by atoms with E-state index in [1.165, 1.54) is 38.5 Å². The molecule has 4 saturated carbocycles. The molecule has 0 amide bonds. The van der Waals surface area contributed by atoms with Crippen molar-refractivity contribution in [3.63, 3.8) is 0 Å². The summed E-state index contributed by atoms with van der Waals surface area (Å²) in [4.78, 5) is 12.6. The fourth-order valence-electron chi connectivity index (χ4n) is 6.95. The summed E-state index contributed by atoms with van der Waals surface area (Å²) in [5.41, 5.74) is 1.78. The van der Waals surface area contributed by atoms with Gasteiger partial charge < -0.3 is 10.2 Å². The molecule has 30 heavy (non-hydrogen) atoms. The summed E-state index contributed by atoms with van der Waals surface area (Å²) in [6.45, 7) is 4.34. The number of unbranched alkanes of at least 4 members (excludes halogenated alkanes) is 3. The molecule has 4 fully saturated rings. The maximum atomic E-state index is 12.6. The first kappa shape index (κ1) is 22.2. The number of hydrogen-bond acceptors (Lipinski definition) is 3. The van der Waals surface area contributed by atoms with Crippen LogP contribution in [0, 0.1) is 17.3 Å². The summed E-state index contributed by atoms with van der Waals surface area (Å²) in [7, 11) is 0. The van der Waals surface area contributed by atoms with Crippen molar-refractivity contribution in [2.24, 2.45) is 17.3 Å². The lowest BCUT2D eigenvalue weighted by Gasteiger charge is -2.59. The lowest BCUT2D eigenvalue weighted by atomic mass is 9.44. The zero-order valence-corrected chi connectivity index (χ0v) is 20.1. The van der Waals surface area contributed by atoms with Crippen molar-refractivity contribution >= 4 is 21.7 Å². The van der Waals surface area contributed by atoms with Crippen LogP contribution in [0.15, 0.2) is 12.1 Å². The van der Waals surface area contributed by atoms with Gasteiger partial charge in [-0.15, -0.1) is 0 Å². The lowest BCUT2D eigenvalue weighted by molar-refractivity contribution is -0.151. The molecule has 0 heterocycles. The van der Waals surface area contributed by atoms with Crippen molar-refractivity contribution in [2.45, 2.75) is 95.8 Å². The zero-order chi connectivity index (χ0) is 21.5. The Morgan fingerprint density at radius 2 is 1.67 bits per heavy atom. The summed E-state index contributed by atoms with van der Waals surface area (Å²) in [5, 5.41) is 23.2. The van der Waals surface area contributed by atoms with Crippen LogP contribution in [0.3, 0.4) is 0 Å². The molecular weight excluding hydrogens is 440 g/mol. The van der Waals surface area contributed by atoms with E-state index >= 15 is 0 Å². The van der Waals surface area contributed by atoms with Gasteiger partial charge in [-0.2, -0.15) is 0 Å². The summed E-state index contributed by atoms with van der Waals surface area (Å²) in [6.07, 6.45) is 12.1. The molecule has 1 aromatic carbocycles. The van der Waals surface area contributed by atoms with E-state index in [0.29, 0.717) is 23.7 Å². The van der Waals surface area contributed by atoms with Gasteiger partial charge in [0, 0.05) is 29.2 Å². The third-order valence-electron chi connectivity index (χ3n) is 8.86. The van der Waals surface area contributed by atoms with E-state index < -0.39 is 0 Å². The first-order valence-corrected chi connectivity index (χ1v) is 13.1. The second kappa shape index (κ2) is 8.48. The van der Waals surface area contributed by atoms with Crippen LogP contribution in [0.2, 0.25) is 0 Å². The first-order chi connectivity index (χ1) is 14.3. The Balaban J connectivity index is 1.58. The SMILES string of the molecule is CC1(C)[C@@H]2C[C@H]1C(=O)C[C@H]2c1c(O)cc(C2(CCCCCCBr)CCCC2)cc1O. The number of aromatic hydroxyl groups is 2. The molecule has 4 heteroatoms. The number of halogens is 1. The Bertz CT molecular complexity index is 770. The normalized spacial score (nSPS) is 29.0. The molecule has 0 aromatic heterocycles. The van der Waals surface area contributed by atoms with Crippen molar-refractivity contribution in [3.05, 3.63) is 23.3 Å². The van der Waals surface area contributed by atoms with Crippen LogP contribution in [0.1, 0.15) is 102 Å². The number of alkyl halides is 1. The van der Waals surface area contributed by atoms with E-state index in [9.17, 15) is 15.0 Å². The first-order valence-electron chi connectivity index (χ1n) is 12.0. The summed E-state index contributed by atoms with van der Waals surface area (Å²) in [6, 6.07) is 3.86. The zero-order valence-electron chi connectivity index (χ0n) is 18.6. The summed E-state index contributed by atoms with van der Waals surface area (Å²) >= 11 is 3.51. The van der Waals surface area contributed by atoms with E-state index in [-0.39, 0.29) is 34.2 Å². The van der Waals surface area contributed by atoms with Gasteiger partial charge in [0.05, 0.1) is 0 Å². The van der Waals surface area contributed by atoms with Gasteiger partial charge in [0.2, 0.25) is 0 Å². The molecule has 5 rings (SSSR count). The van der Waals surface area contributed by atoms with E-state index in [2.05, 4.69) is 29.8 Å². The topological polar surface area (TPSA) is 57.5 Å². The van der Waals surface area contributed by atoms with Crippen LogP contribution in [0.25, 0.3) is 0 Å². The smallest absolute Gasteiger partial charge is 0.137 e. The highest BCUT2D eigenvalue weighted by molar-refractivity contribution is 9.09. The minimum absolute atomic E-state index is 0.0284. The largest absolute Gasteiger partial charge is 0.508 e. The monoisotopic (exact) mass is 476 g/mol. The Labute approximate surface area is 189 Å². The molecule has 0 radical (unpaired) electrons. The van der Waals surface area contributed by atoms with E-state index in [4.69, 9.17) is 0 Å². The van der Waals surface area contributed by atoms with Gasteiger partial charge in [-0.05, 0) is 66.5 Å². The number of benzene rings is 1. The highest BCUT2D eigenvalue weighted by atomic mass is 79.9. The molecule has 2 N–H and O–H groups in total. The molecule has 0 aliphatic heterocycles. The Morgan fingerprint density at radius 1 is 1.03 bits per heavy atom. The van der Waals surface area contributed by atoms with Crippen LogP contribution >= 0.6 is 15.9 Å². The number of hydrogen-bond donors (Lipinski definition) is 2. The van der Waals surface area contributed by atoms with Gasteiger partial charge in [0.25, 0.3) is 0 Å². The maximum absolute atomic E-state index is 12.6. The van der Waals surface area contributed by atoms with Gasteiger partial charge in [-0.1, -0.05) is 61.9 Å². The quantitative estimate of drug-likeness (QED) is 0.314. The fraction of sp³-hybridized carbons (Fsp3) is 0.731. The van der Waals surface area contributed by atoms with Crippen LogP contribution in [0.4, 0.5) is 0 Å². The predicted molar refractivity (Wildman–Crippen MR) is 125 cm³/mol. The minimum atomic E-state index is -0.0599. The van der Waals surface area contributed by atoms with Gasteiger partial charge >= 0.3 is 0 Å². The number of carbonyl (C=O) groups excluding carboxylic acids is 1. The van der Waals surface area contributed by atoms with Crippen LogP contribution in [-0.4, -0.2) is 21.3 Å². The van der Waals surface area contributed by atoms with Crippen molar-refractivity contribution in [3.8, 4) is 11.5 Å². The predicted octanol–water partition coefficient (Wildman–Crippen LogP) is 6.97. The molecule has 4 aliphatic rings. The highest BCUT2D eigenvalue weighted by Crippen LogP contribution is 2.64. The van der Waals surface area contributed by atoms with Crippen molar-refractivity contribution in [1.29, 1.82) is 0 Å². The molecule has 3 atom stereocenters. The van der Waals surface area contributed by atoms with Gasteiger partial charge in [0.1, 0.15) is 17.3 Å². The number of rotatable bonds is 8. The van der Waals surface area contributed by atoms with Gasteiger partial charge in [0.15, 0.2) is 0 Å². The average Bonchev–Trinajstić information content (AvgIpc) is 3.16. The number of phenols is 2. The Morgan fingerprint density at radius 3 is 2.23 bits per heavy atom. The van der Waals surface area contributed by atoms with Crippen molar-refractivity contribution in [2.75, 3.05) is 5.33 Å². The Kier molecular flexibility index (Phi) is 6.27. The number of fused-ring (bicyclic) bond motifs is 2. The molecule has 0 saturated heterocycles. The third kappa shape index (κ3) is 3.72. The van der Waals surface area contributed by atoms with E-state index in [1.807, 2.05) is 12.1 Å². The molecule has 1 aromatic rings.